The van der Waals surface area contributed by atoms with Crippen molar-refractivity contribution >= 4 is 7.82 Å². The smallest absolute Gasteiger partial charge is 0.581 e. The largest absolute Gasteiger partial charge is 0.756 e. The van der Waals surface area contributed by atoms with Gasteiger partial charge in [0.05, 0.1) is 0 Å². The number of quaternary nitrogens is 1. The van der Waals surface area contributed by atoms with E-state index in [2.05, 4.69) is 0 Å². The lowest BCUT2D eigenvalue weighted by atomic mass is 10.3. The van der Waals surface area contributed by atoms with Crippen molar-refractivity contribution in [3.05, 3.63) is 0 Å². The first-order valence-electron chi connectivity index (χ1n) is 4.55. The number of rotatable bonds is 4. The molecule has 0 spiro atoms. The Balaban J connectivity index is 6.94. The van der Waals surface area contributed by atoms with Gasteiger partial charge in [-0.2, -0.15) is 8.78 Å². The average molecular weight is 417 g/mol. The number of halogens is 13. The van der Waals surface area contributed by atoms with Gasteiger partial charge in [0.15, 0.2) is 0 Å². The van der Waals surface area contributed by atoms with E-state index in [9.17, 15) is 66.5 Å². The number of nitrogens with zero attached hydrogens (tertiary/aromatic N) is 1. The van der Waals surface area contributed by atoms with Crippen LogP contribution in [-0.4, -0.2) is 40.4 Å². The van der Waals surface area contributed by atoms with Crippen molar-refractivity contribution < 1.29 is 80.4 Å². The quantitative estimate of drug-likeness (QED) is 0.331. The predicted molar refractivity (Wildman–Crippen MR) is 39.2 cm³/mol. The average Bonchev–Trinajstić information content (AvgIpc) is 2.03. The highest BCUT2D eigenvalue weighted by molar-refractivity contribution is 7.44. The zero-order valence-corrected chi connectivity index (χ0v) is 10.9. The second-order valence-corrected chi connectivity index (χ2v) is 4.81. The molecule has 0 aliphatic rings. The fourth-order valence-corrected chi connectivity index (χ4v) is 1.70. The lowest BCUT2D eigenvalue weighted by Crippen LogP contribution is -2.83. The number of alkyl halides is 13. The van der Waals surface area contributed by atoms with E-state index in [1.165, 1.54) is 0 Å². The van der Waals surface area contributed by atoms with Crippen molar-refractivity contribution in [3.63, 3.8) is 0 Å². The Morgan fingerprint density at radius 2 is 1.00 bits per heavy atom. The van der Waals surface area contributed by atoms with Gasteiger partial charge in [0, 0.05) is 4.48 Å². The van der Waals surface area contributed by atoms with Crippen molar-refractivity contribution in [3.8, 4) is 0 Å². The summed E-state index contributed by atoms with van der Waals surface area (Å²) < 4.78 is 166. The maximum atomic E-state index is 13.1. The summed E-state index contributed by atoms with van der Waals surface area (Å²) in [5, 5.41) is 0. The molecule has 0 aromatic heterocycles. The van der Waals surface area contributed by atoms with Crippen LogP contribution in [0.2, 0.25) is 0 Å². The van der Waals surface area contributed by atoms with Gasteiger partial charge in [0.2, 0.25) is 0 Å². The zero-order valence-electron chi connectivity index (χ0n) is 9.98. The molecule has 0 heterocycles. The molecule has 0 aliphatic carbocycles. The van der Waals surface area contributed by atoms with E-state index >= 15 is 0 Å². The summed E-state index contributed by atoms with van der Waals surface area (Å²) in [6.07, 6.45) is -32.2. The van der Waals surface area contributed by atoms with Crippen LogP contribution >= 0.6 is 7.82 Å². The normalized spacial score (nSPS) is 18.5. The van der Waals surface area contributed by atoms with Crippen LogP contribution in [0, 0.1) is 0 Å². The molecule has 0 aromatic rings. The number of phosphoric ester groups is 1. The monoisotopic (exact) mass is 417 g/mol. The van der Waals surface area contributed by atoms with Crippen molar-refractivity contribution in [2.75, 3.05) is 0 Å². The third kappa shape index (κ3) is 3.42. The van der Waals surface area contributed by atoms with Crippen LogP contribution in [0.25, 0.3) is 0 Å². The summed E-state index contributed by atoms with van der Waals surface area (Å²) in [4.78, 5) is 17.6. The molecule has 0 rings (SSSR count). The van der Waals surface area contributed by atoms with E-state index in [0.29, 0.717) is 0 Å². The summed E-state index contributed by atoms with van der Waals surface area (Å²) in [6.45, 7) is 0. The van der Waals surface area contributed by atoms with E-state index in [1.807, 2.05) is 0 Å². The minimum absolute atomic E-state index is 1.64. The summed E-state index contributed by atoms with van der Waals surface area (Å²) in [6, 6.07) is -8.36. The molecule has 0 radical (unpaired) electrons. The highest BCUT2D eigenvalue weighted by atomic mass is 31.2. The fraction of sp³-hybridized carbons (Fsp3) is 1.00. The summed E-state index contributed by atoms with van der Waals surface area (Å²) >= 11 is 0. The Morgan fingerprint density at radius 1 is 0.750 bits per heavy atom. The van der Waals surface area contributed by atoms with E-state index in [0.717, 1.165) is 0 Å². The molecule has 0 saturated carbocycles. The Bertz CT molecular complexity index is 478. The predicted octanol–water partition coefficient (Wildman–Crippen LogP) is 3.03. The molecule has 1 atom stereocenters. The molecule has 0 fully saturated rings. The van der Waals surface area contributed by atoms with Gasteiger partial charge in [-0.05, 0) is 0 Å². The van der Waals surface area contributed by atoms with E-state index in [4.69, 9.17) is 4.89 Å². The zero-order chi connectivity index (χ0) is 20.2. The number of hydrogen-bond donors (Lipinski definition) is 1. The van der Waals surface area contributed by atoms with Crippen LogP contribution in [-0.2, 0) is 9.09 Å². The van der Waals surface area contributed by atoms with Gasteiger partial charge in [0.25, 0.3) is 7.82 Å². The van der Waals surface area contributed by atoms with Crippen molar-refractivity contribution in [2.24, 2.45) is 0 Å². The second-order valence-electron chi connectivity index (χ2n) is 3.69. The lowest BCUT2D eigenvalue weighted by molar-refractivity contribution is -1.23. The van der Waals surface area contributed by atoms with Crippen LogP contribution in [0.15, 0.2) is 0 Å². The Kier molecular flexibility index (Phi) is 5.39. The lowest BCUT2D eigenvalue weighted by Gasteiger charge is -2.44. The van der Waals surface area contributed by atoms with Crippen LogP contribution < -0.4 is 4.89 Å². The molecule has 5 nitrogen and oxygen atoms in total. The molecule has 0 bridgehead atoms. The highest BCUT2D eigenvalue weighted by Gasteiger charge is 2.99. The van der Waals surface area contributed by atoms with Crippen LogP contribution in [0.1, 0.15) is 0 Å². The van der Waals surface area contributed by atoms with E-state index in [-0.39, 0.29) is 0 Å². The van der Waals surface area contributed by atoms with Gasteiger partial charge in [-0.1, -0.05) is 0 Å². The summed E-state index contributed by atoms with van der Waals surface area (Å²) in [7, 11) is -7.20. The van der Waals surface area contributed by atoms with Gasteiger partial charge >= 0.3 is 31.1 Å². The number of phosphoric acid groups is 1. The van der Waals surface area contributed by atoms with E-state index < -0.39 is 43.4 Å². The second kappa shape index (κ2) is 5.58. The topological polar surface area (TPSA) is 69.6 Å². The Hall–Kier alpha value is -0.840. The van der Waals surface area contributed by atoms with Gasteiger partial charge in [-0.25, -0.2) is 4.52 Å². The fourth-order valence-electron chi connectivity index (χ4n) is 1.30. The van der Waals surface area contributed by atoms with Crippen molar-refractivity contribution in [2.45, 2.75) is 31.1 Å². The standard InChI is InChI=1S/C5HF13NO4P/c6-1(7,2(8,9)23-24(20,21)22)19(3(10,11)12,4(13,14)15)5(16,17)18/h(H-,20,21,22). The van der Waals surface area contributed by atoms with Gasteiger partial charge < -0.3 is 9.79 Å². The maximum Gasteiger partial charge on any atom is 0.581 e. The van der Waals surface area contributed by atoms with Crippen molar-refractivity contribution in [1.29, 1.82) is 0 Å². The molecule has 1 N–H and O–H groups in total. The first-order chi connectivity index (χ1) is 9.96. The molecular weight excluding hydrogens is 416 g/mol. The van der Waals surface area contributed by atoms with Crippen LogP contribution in [0.5, 0.6) is 0 Å². The molecule has 0 saturated heterocycles. The molecule has 24 heavy (non-hydrogen) atoms. The molecular formula is C5HF13NO4P. The molecule has 146 valence electrons. The first kappa shape index (κ1) is 23.2. The van der Waals surface area contributed by atoms with Crippen LogP contribution in [0.4, 0.5) is 57.1 Å². The molecule has 0 aromatic carbocycles. The minimum atomic E-state index is -8.36. The van der Waals surface area contributed by atoms with Crippen LogP contribution in [0.3, 0.4) is 0 Å². The third-order valence-corrected chi connectivity index (χ3v) is 2.60. The Morgan fingerprint density at radius 3 is 1.17 bits per heavy atom. The van der Waals surface area contributed by atoms with Gasteiger partial charge in [-0.3, -0.25) is 4.57 Å². The molecule has 0 aliphatic heterocycles. The van der Waals surface area contributed by atoms with E-state index in [1.54, 1.807) is 4.52 Å². The summed E-state index contributed by atoms with van der Waals surface area (Å²) in [5.74, 6) is 0. The molecule has 19 heteroatoms. The highest BCUT2D eigenvalue weighted by Crippen LogP contribution is 2.63. The SMILES string of the molecule is O=P([O-])(O)OC(F)(F)C(F)(F)[N+](C(F)(F)F)(C(F)(F)F)C(F)(F)F. The third-order valence-electron chi connectivity index (χ3n) is 2.14. The first-order valence-corrected chi connectivity index (χ1v) is 6.05. The minimum Gasteiger partial charge on any atom is -0.756 e. The summed E-state index contributed by atoms with van der Waals surface area (Å²) in [5.41, 5.74) is 0. The maximum absolute atomic E-state index is 13.1. The molecule has 1 unspecified atom stereocenters. The van der Waals surface area contributed by atoms with Crippen molar-refractivity contribution in [1.82, 2.24) is 0 Å². The number of hydrogen-bond acceptors (Lipinski definition) is 3. The molecule has 0 amide bonds. The van der Waals surface area contributed by atoms with Gasteiger partial charge in [0.1, 0.15) is 0 Å². The van der Waals surface area contributed by atoms with Gasteiger partial charge in [-0.15, -0.1) is 48.3 Å². The Labute approximate surface area is 121 Å².